The molecule has 2 aromatic carbocycles. The van der Waals surface area contributed by atoms with Crippen LogP contribution in [0.2, 0.25) is 0 Å². The molecule has 2 N–H and O–H groups in total. The van der Waals surface area contributed by atoms with E-state index < -0.39 is 0 Å². The van der Waals surface area contributed by atoms with Gasteiger partial charge in [0, 0.05) is 22.5 Å². The number of hydrogen-bond acceptors (Lipinski definition) is 3. The van der Waals surface area contributed by atoms with Crippen molar-refractivity contribution in [2.75, 3.05) is 10.6 Å². The van der Waals surface area contributed by atoms with Gasteiger partial charge in [0.1, 0.15) is 0 Å². The smallest absolute Gasteiger partial charge is 0.250 e. The minimum absolute atomic E-state index is 0.224. The summed E-state index contributed by atoms with van der Waals surface area (Å²) in [5.41, 5.74) is 2.06. The van der Waals surface area contributed by atoms with Crippen molar-refractivity contribution in [3.63, 3.8) is 0 Å². The van der Waals surface area contributed by atoms with E-state index in [9.17, 15) is 14.4 Å². The summed E-state index contributed by atoms with van der Waals surface area (Å²) in [6, 6.07) is 15.3. The first-order chi connectivity index (χ1) is 11.5. The maximum absolute atomic E-state index is 12.0. The van der Waals surface area contributed by atoms with E-state index in [-0.39, 0.29) is 24.0 Å². The normalized spacial score (nSPS) is 9.88. The number of benzene rings is 2. The van der Waals surface area contributed by atoms with Crippen molar-refractivity contribution in [1.82, 2.24) is 0 Å². The Kier molecular flexibility index (Phi) is 5.63. The first-order valence-electron chi connectivity index (χ1n) is 7.41. The molecule has 0 spiro atoms. The van der Waals surface area contributed by atoms with Crippen LogP contribution in [-0.4, -0.2) is 17.6 Å². The van der Waals surface area contributed by atoms with Crippen LogP contribution in [0, 0.1) is 0 Å². The van der Waals surface area contributed by atoms with Gasteiger partial charge in [-0.1, -0.05) is 36.9 Å². The molecule has 122 valence electrons. The number of Topliss-reactive ketones (excluding diaryl/α,β-unsaturated/α-hetero) is 1. The molecule has 0 fully saturated rings. The van der Waals surface area contributed by atoms with Crippen LogP contribution in [0.5, 0.6) is 0 Å². The van der Waals surface area contributed by atoms with Gasteiger partial charge in [-0.2, -0.15) is 0 Å². The van der Waals surface area contributed by atoms with E-state index in [1.165, 1.54) is 0 Å². The van der Waals surface area contributed by atoms with Crippen molar-refractivity contribution in [3.05, 3.63) is 72.3 Å². The summed E-state index contributed by atoms with van der Waals surface area (Å²) in [6.07, 6.45) is -0.224. The van der Waals surface area contributed by atoms with E-state index in [4.69, 9.17) is 0 Å². The highest BCUT2D eigenvalue weighted by Crippen LogP contribution is 2.15. The number of carbonyl (C=O) groups excluding carboxylic acids is 3. The Bertz CT molecular complexity index is 765. The number of hydrogen-bond donors (Lipinski definition) is 2. The van der Waals surface area contributed by atoms with E-state index in [1.807, 2.05) is 6.07 Å². The molecule has 2 rings (SSSR count). The third-order valence-corrected chi connectivity index (χ3v) is 3.23. The molecule has 2 amide bonds. The average molecular weight is 322 g/mol. The molecule has 0 aliphatic carbocycles. The van der Waals surface area contributed by atoms with Gasteiger partial charge in [-0.3, -0.25) is 14.4 Å². The van der Waals surface area contributed by atoms with Crippen LogP contribution in [0.25, 0.3) is 0 Å². The summed E-state index contributed by atoms with van der Waals surface area (Å²) in [5, 5.41) is 5.33. The fourth-order valence-electron chi connectivity index (χ4n) is 1.95. The van der Waals surface area contributed by atoms with Crippen molar-refractivity contribution in [3.8, 4) is 0 Å². The molecule has 24 heavy (non-hydrogen) atoms. The number of nitrogens with one attached hydrogen (secondary N) is 2. The zero-order valence-corrected chi connectivity index (χ0v) is 13.3. The summed E-state index contributed by atoms with van der Waals surface area (Å²) in [5.74, 6) is -0.888. The molecule has 0 aliphatic rings. The molecular weight excluding hydrogens is 304 g/mol. The van der Waals surface area contributed by atoms with Gasteiger partial charge < -0.3 is 10.6 Å². The molecular formula is C19H18N2O3. The molecule has 0 aromatic heterocycles. The Morgan fingerprint density at radius 1 is 0.875 bits per heavy atom. The quantitative estimate of drug-likeness (QED) is 0.486. The van der Waals surface area contributed by atoms with Crippen LogP contribution >= 0.6 is 0 Å². The molecule has 0 atom stereocenters. The Balaban J connectivity index is 1.91. The summed E-state index contributed by atoms with van der Waals surface area (Å²) in [4.78, 5) is 35.4. The number of ketones is 1. The van der Waals surface area contributed by atoms with Crippen LogP contribution in [0.3, 0.4) is 0 Å². The standard InChI is InChI=1S/C19H18N2O3/c1-13(2)19(24)21-16-10-8-15(9-11-16)20-18(23)12-17(22)14-6-4-3-5-7-14/h3-11H,1,12H2,2H3,(H,20,23)(H,21,24). The summed E-state index contributed by atoms with van der Waals surface area (Å²) in [6.45, 7) is 5.18. The highest BCUT2D eigenvalue weighted by molar-refractivity contribution is 6.11. The van der Waals surface area contributed by atoms with Gasteiger partial charge in [-0.05, 0) is 31.2 Å². The molecule has 0 saturated carbocycles. The van der Waals surface area contributed by atoms with Gasteiger partial charge >= 0.3 is 0 Å². The fraction of sp³-hybridized carbons (Fsp3) is 0.105. The first kappa shape index (κ1) is 17.1. The van der Waals surface area contributed by atoms with Crippen molar-refractivity contribution in [2.45, 2.75) is 13.3 Å². The molecule has 5 nitrogen and oxygen atoms in total. The van der Waals surface area contributed by atoms with Crippen LogP contribution in [0.15, 0.2) is 66.7 Å². The lowest BCUT2D eigenvalue weighted by Crippen LogP contribution is -2.16. The maximum Gasteiger partial charge on any atom is 0.250 e. The van der Waals surface area contributed by atoms with E-state index in [0.717, 1.165) is 0 Å². The number of anilines is 2. The van der Waals surface area contributed by atoms with E-state index >= 15 is 0 Å². The summed E-state index contributed by atoms with van der Waals surface area (Å²) in [7, 11) is 0. The zero-order chi connectivity index (χ0) is 17.5. The Morgan fingerprint density at radius 2 is 1.42 bits per heavy atom. The largest absolute Gasteiger partial charge is 0.326 e. The second kappa shape index (κ2) is 7.87. The topological polar surface area (TPSA) is 75.3 Å². The predicted molar refractivity (Wildman–Crippen MR) is 93.9 cm³/mol. The minimum atomic E-state index is -0.387. The Labute approximate surface area is 140 Å². The van der Waals surface area contributed by atoms with Crippen LogP contribution < -0.4 is 10.6 Å². The molecule has 0 unspecified atom stereocenters. The van der Waals surface area contributed by atoms with Gasteiger partial charge in [-0.15, -0.1) is 0 Å². The fourth-order valence-corrected chi connectivity index (χ4v) is 1.95. The zero-order valence-electron chi connectivity index (χ0n) is 13.3. The molecule has 0 saturated heterocycles. The first-order valence-corrected chi connectivity index (χ1v) is 7.41. The van der Waals surface area contributed by atoms with Crippen molar-refractivity contribution in [2.24, 2.45) is 0 Å². The SMILES string of the molecule is C=C(C)C(=O)Nc1ccc(NC(=O)CC(=O)c2ccccc2)cc1. The van der Waals surface area contributed by atoms with Crippen molar-refractivity contribution in [1.29, 1.82) is 0 Å². The monoisotopic (exact) mass is 322 g/mol. The van der Waals surface area contributed by atoms with Crippen molar-refractivity contribution < 1.29 is 14.4 Å². The van der Waals surface area contributed by atoms with Crippen LogP contribution in [-0.2, 0) is 9.59 Å². The number of carbonyl (C=O) groups is 3. The van der Waals surface area contributed by atoms with Crippen molar-refractivity contribution >= 4 is 29.0 Å². The highest BCUT2D eigenvalue weighted by Gasteiger charge is 2.11. The van der Waals surface area contributed by atoms with Gasteiger partial charge in [-0.25, -0.2) is 0 Å². The Hall–Kier alpha value is -3.21. The van der Waals surface area contributed by atoms with Gasteiger partial charge in [0.2, 0.25) is 5.91 Å². The van der Waals surface area contributed by atoms with Crippen LogP contribution in [0.1, 0.15) is 23.7 Å². The van der Waals surface area contributed by atoms with E-state index in [0.29, 0.717) is 22.5 Å². The lowest BCUT2D eigenvalue weighted by molar-refractivity contribution is -0.115. The molecule has 0 aliphatic heterocycles. The van der Waals surface area contributed by atoms with Gasteiger partial charge in [0.05, 0.1) is 6.42 Å². The summed E-state index contributed by atoms with van der Waals surface area (Å²) >= 11 is 0. The van der Waals surface area contributed by atoms with Crippen LogP contribution in [0.4, 0.5) is 11.4 Å². The Morgan fingerprint density at radius 3 is 1.96 bits per heavy atom. The second-order valence-corrected chi connectivity index (χ2v) is 5.33. The van der Waals surface area contributed by atoms with Gasteiger partial charge in [0.25, 0.3) is 5.91 Å². The predicted octanol–water partition coefficient (Wildman–Crippen LogP) is 3.41. The number of amides is 2. The second-order valence-electron chi connectivity index (χ2n) is 5.33. The lowest BCUT2D eigenvalue weighted by atomic mass is 10.1. The van der Waals surface area contributed by atoms with E-state index in [2.05, 4.69) is 17.2 Å². The molecule has 0 heterocycles. The highest BCUT2D eigenvalue weighted by atomic mass is 16.2. The third kappa shape index (κ3) is 4.91. The molecule has 2 aromatic rings. The minimum Gasteiger partial charge on any atom is -0.326 e. The molecule has 0 radical (unpaired) electrons. The molecule has 5 heteroatoms. The summed E-state index contributed by atoms with van der Waals surface area (Å²) < 4.78 is 0. The van der Waals surface area contributed by atoms with Gasteiger partial charge in [0.15, 0.2) is 5.78 Å². The van der Waals surface area contributed by atoms with E-state index in [1.54, 1.807) is 55.5 Å². The molecule has 0 bridgehead atoms. The number of rotatable bonds is 6. The lowest BCUT2D eigenvalue weighted by Gasteiger charge is -2.08. The average Bonchev–Trinajstić information content (AvgIpc) is 2.57. The maximum atomic E-state index is 12.0. The third-order valence-electron chi connectivity index (χ3n) is 3.23.